The number of hydrogen-bond donors (Lipinski definition) is 2. The Labute approximate surface area is 168 Å². The Morgan fingerprint density at radius 2 is 1.92 bits per heavy atom. The molecule has 1 unspecified atom stereocenters. The zero-order chi connectivity index (χ0) is 20.0. The van der Waals surface area contributed by atoms with E-state index in [0.717, 1.165) is 16.5 Å². The number of alkyl carbamates (subject to hydrolysis) is 1. The van der Waals surface area contributed by atoms with E-state index in [2.05, 4.69) is 21.2 Å². The first-order valence-corrected chi connectivity index (χ1v) is 9.84. The number of aryl methyl sites for hydroxylation is 1. The summed E-state index contributed by atoms with van der Waals surface area (Å²) in [6, 6.07) is 5.48. The highest BCUT2D eigenvalue weighted by atomic mass is 79.9. The van der Waals surface area contributed by atoms with Crippen LogP contribution in [-0.2, 0) is 16.0 Å². The maximum atomic E-state index is 12.2. The van der Waals surface area contributed by atoms with Crippen LogP contribution in [0.25, 0.3) is 0 Å². The maximum Gasteiger partial charge on any atom is 0.408 e. The minimum Gasteiger partial charge on any atom is -0.480 e. The molecule has 1 atom stereocenters. The monoisotopic (exact) mass is 447 g/mol. The zero-order valence-corrected chi connectivity index (χ0v) is 18.0. The van der Waals surface area contributed by atoms with Gasteiger partial charge in [-0.25, -0.2) is 9.59 Å². The van der Waals surface area contributed by atoms with Gasteiger partial charge in [0.2, 0.25) is 0 Å². The minimum absolute atomic E-state index is 0.225. The van der Waals surface area contributed by atoms with Crippen molar-refractivity contribution in [3.63, 3.8) is 0 Å². The predicted octanol–water partition coefficient (Wildman–Crippen LogP) is 5.57. The summed E-state index contributed by atoms with van der Waals surface area (Å²) >= 11 is 9.60. The third kappa shape index (κ3) is 7.16. The summed E-state index contributed by atoms with van der Waals surface area (Å²) in [5, 5.41) is 13.0. The molecule has 0 aliphatic heterocycles. The lowest BCUT2D eigenvalue weighted by Gasteiger charge is -2.32. The van der Waals surface area contributed by atoms with Crippen molar-refractivity contribution in [3.05, 3.63) is 33.3 Å². The van der Waals surface area contributed by atoms with E-state index >= 15 is 0 Å². The number of benzene rings is 1. The first kappa shape index (κ1) is 22.8. The van der Waals surface area contributed by atoms with Gasteiger partial charge in [0.05, 0.1) is 0 Å². The summed E-state index contributed by atoms with van der Waals surface area (Å²) in [7, 11) is 0. The van der Waals surface area contributed by atoms with Crippen LogP contribution in [0, 0.1) is 0 Å². The Bertz CT molecular complexity index is 645. The van der Waals surface area contributed by atoms with E-state index in [1.807, 2.05) is 19.1 Å². The Kier molecular flexibility index (Phi) is 8.41. The molecule has 0 aliphatic rings. The second-order valence-electron chi connectivity index (χ2n) is 7.35. The molecule has 1 aromatic rings. The number of carboxylic acid groups (broad SMARTS) is 1. The highest BCUT2D eigenvalue weighted by molar-refractivity contribution is 9.10. The van der Waals surface area contributed by atoms with E-state index < -0.39 is 23.2 Å². The van der Waals surface area contributed by atoms with E-state index in [-0.39, 0.29) is 6.42 Å². The van der Waals surface area contributed by atoms with Crippen LogP contribution in [0.5, 0.6) is 0 Å². The van der Waals surface area contributed by atoms with Crippen molar-refractivity contribution in [1.82, 2.24) is 5.32 Å². The van der Waals surface area contributed by atoms with E-state index in [4.69, 9.17) is 16.3 Å². The second-order valence-corrected chi connectivity index (χ2v) is 8.68. The van der Waals surface area contributed by atoms with Gasteiger partial charge in [0.1, 0.15) is 11.1 Å². The van der Waals surface area contributed by atoms with E-state index in [0.29, 0.717) is 24.3 Å². The van der Waals surface area contributed by atoms with Gasteiger partial charge >= 0.3 is 12.1 Å². The van der Waals surface area contributed by atoms with Gasteiger partial charge in [0.25, 0.3) is 0 Å². The molecule has 7 heteroatoms. The third-order valence-corrected chi connectivity index (χ3v) is 4.79. The van der Waals surface area contributed by atoms with E-state index in [1.54, 1.807) is 26.8 Å². The Hall–Kier alpha value is -1.27. The number of hydrogen-bond acceptors (Lipinski definition) is 3. The molecule has 0 saturated carbocycles. The van der Waals surface area contributed by atoms with E-state index in [1.165, 1.54) is 0 Å². The van der Waals surface area contributed by atoms with Crippen LogP contribution < -0.4 is 5.32 Å². The zero-order valence-electron chi connectivity index (χ0n) is 15.7. The topological polar surface area (TPSA) is 75.6 Å². The fraction of sp³-hybridized carbons (Fsp3) is 0.579. The van der Waals surface area contributed by atoms with Crippen molar-refractivity contribution < 1.29 is 19.4 Å². The van der Waals surface area contributed by atoms with Gasteiger partial charge < -0.3 is 15.2 Å². The van der Waals surface area contributed by atoms with Crippen LogP contribution in [0.15, 0.2) is 22.7 Å². The molecular weight excluding hydrogens is 422 g/mol. The molecule has 0 fully saturated rings. The lowest BCUT2D eigenvalue weighted by molar-refractivity contribution is -0.145. The lowest BCUT2D eigenvalue weighted by Crippen LogP contribution is -2.55. The molecule has 0 saturated heterocycles. The molecule has 1 aromatic carbocycles. The third-order valence-electron chi connectivity index (χ3n) is 3.94. The number of carbonyl (C=O) groups excluding carboxylic acids is 1. The van der Waals surface area contributed by atoms with Gasteiger partial charge in [-0.2, -0.15) is 0 Å². The van der Waals surface area contributed by atoms with Gasteiger partial charge in [0.15, 0.2) is 0 Å². The molecule has 5 nitrogen and oxygen atoms in total. The quantitative estimate of drug-likeness (QED) is 0.545. The summed E-state index contributed by atoms with van der Waals surface area (Å²) in [6.07, 6.45) is 1.76. The molecular formula is C19H27BrClNO4. The molecule has 0 radical (unpaired) electrons. The van der Waals surface area contributed by atoms with Gasteiger partial charge in [-0.3, -0.25) is 0 Å². The molecule has 1 rings (SSSR count). The van der Waals surface area contributed by atoms with Crippen molar-refractivity contribution in [3.8, 4) is 0 Å². The SMILES string of the molecule is CCCCC(CCc1ccc(Br)cc1Cl)(NC(=O)OC(C)(C)C)C(=O)O. The number of nitrogens with one attached hydrogen (secondary N) is 1. The summed E-state index contributed by atoms with van der Waals surface area (Å²) in [4.78, 5) is 24.3. The fourth-order valence-electron chi connectivity index (χ4n) is 2.57. The lowest BCUT2D eigenvalue weighted by atomic mass is 9.86. The maximum absolute atomic E-state index is 12.2. The highest BCUT2D eigenvalue weighted by Gasteiger charge is 2.40. The Balaban J connectivity index is 3.01. The highest BCUT2D eigenvalue weighted by Crippen LogP contribution is 2.27. The molecule has 146 valence electrons. The van der Waals surface area contributed by atoms with Crippen molar-refractivity contribution in [1.29, 1.82) is 0 Å². The van der Waals surface area contributed by atoms with Gasteiger partial charge in [0, 0.05) is 9.50 Å². The van der Waals surface area contributed by atoms with Crippen molar-refractivity contribution in [2.24, 2.45) is 0 Å². The largest absolute Gasteiger partial charge is 0.480 e. The second kappa shape index (κ2) is 9.60. The molecule has 1 amide bonds. The molecule has 0 spiro atoms. The molecule has 0 aliphatic carbocycles. The molecule has 2 N–H and O–H groups in total. The molecule has 0 bridgehead atoms. The summed E-state index contributed by atoms with van der Waals surface area (Å²) in [6.45, 7) is 7.19. The Morgan fingerprint density at radius 1 is 1.27 bits per heavy atom. The predicted molar refractivity (Wildman–Crippen MR) is 107 cm³/mol. The number of amides is 1. The number of ether oxygens (including phenoxy) is 1. The molecule has 0 aromatic heterocycles. The van der Waals surface area contributed by atoms with Crippen molar-refractivity contribution >= 4 is 39.6 Å². The van der Waals surface area contributed by atoms with Crippen molar-refractivity contribution in [2.45, 2.75) is 70.9 Å². The van der Waals surface area contributed by atoms with Crippen LogP contribution in [-0.4, -0.2) is 28.3 Å². The first-order valence-electron chi connectivity index (χ1n) is 8.67. The van der Waals surface area contributed by atoms with Crippen LogP contribution in [0.1, 0.15) is 58.9 Å². The standard InChI is InChI=1S/C19H27BrClNO4/c1-5-6-10-19(16(23)24,22-17(25)26-18(2,3)4)11-9-13-7-8-14(20)12-15(13)21/h7-8,12H,5-6,9-11H2,1-4H3,(H,22,25)(H,23,24). The molecule has 26 heavy (non-hydrogen) atoms. The average molecular weight is 449 g/mol. The Morgan fingerprint density at radius 3 is 2.42 bits per heavy atom. The van der Waals surface area contributed by atoms with Crippen LogP contribution in [0.3, 0.4) is 0 Å². The van der Waals surface area contributed by atoms with E-state index in [9.17, 15) is 14.7 Å². The number of unbranched alkanes of at least 4 members (excludes halogenated alkanes) is 1. The van der Waals surface area contributed by atoms with Gasteiger partial charge in [-0.05, 0) is 57.7 Å². The van der Waals surface area contributed by atoms with Crippen LogP contribution >= 0.6 is 27.5 Å². The smallest absolute Gasteiger partial charge is 0.408 e. The number of rotatable bonds is 8. The van der Waals surface area contributed by atoms with Crippen LogP contribution in [0.4, 0.5) is 4.79 Å². The summed E-state index contributed by atoms with van der Waals surface area (Å²) < 4.78 is 6.12. The fourth-order valence-corrected chi connectivity index (χ4v) is 3.34. The van der Waals surface area contributed by atoms with Crippen LogP contribution in [0.2, 0.25) is 5.02 Å². The number of carbonyl (C=O) groups is 2. The number of carboxylic acids is 1. The summed E-state index contributed by atoms with van der Waals surface area (Å²) in [5.74, 6) is -1.06. The number of halogens is 2. The van der Waals surface area contributed by atoms with Crippen molar-refractivity contribution in [2.75, 3.05) is 0 Å². The average Bonchev–Trinajstić information content (AvgIpc) is 2.49. The minimum atomic E-state index is -1.39. The normalized spacial score (nSPS) is 13.8. The van der Waals surface area contributed by atoms with Gasteiger partial charge in [-0.15, -0.1) is 0 Å². The molecule has 0 heterocycles. The summed E-state index contributed by atoms with van der Waals surface area (Å²) in [5.41, 5.74) is -1.26. The first-order chi connectivity index (χ1) is 12.0. The number of aliphatic carboxylic acids is 1. The van der Waals surface area contributed by atoms with Gasteiger partial charge in [-0.1, -0.05) is 53.4 Å².